The van der Waals surface area contributed by atoms with Crippen LogP contribution in [0.3, 0.4) is 0 Å². The maximum atomic E-state index is 14.2. The number of ether oxygens (including phenoxy) is 1. The second-order valence-electron chi connectivity index (χ2n) is 10.7. The number of carbonyl (C=O) groups excluding carboxylic acids is 2. The number of nitrogens with zero attached hydrogens (tertiary/aromatic N) is 2. The monoisotopic (exact) mass is 512 g/mol. The van der Waals surface area contributed by atoms with Crippen LogP contribution in [0, 0.1) is 17.8 Å². The Balaban J connectivity index is 1.17. The first-order valence-corrected chi connectivity index (χ1v) is 12.2. The molecule has 5 atom stereocenters. The first-order valence-electron chi connectivity index (χ1n) is 12.2. The third-order valence-electron chi connectivity index (χ3n) is 8.74. The average molecular weight is 512 g/mol. The van der Waals surface area contributed by atoms with Crippen molar-refractivity contribution in [2.24, 2.45) is 17.8 Å². The van der Waals surface area contributed by atoms with Gasteiger partial charge in [0.05, 0.1) is 11.8 Å². The second kappa shape index (κ2) is 7.66. The second-order valence-corrected chi connectivity index (χ2v) is 10.7. The number of alkyl halides is 3. The van der Waals surface area contributed by atoms with Gasteiger partial charge in [-0.3, -0.25) is 9.59 Å². The zero-order chi connectivity index (χ0) is 25.6. The Labute approximate surface area is 203 Å². The first-order chi connectivity index (χ1) is 16.9. The van der Waals surface area contributed by atoms with E-state index >= 15 is 0 Å². The summed E-state index contributed by atoms with van der Waals surface area (Å²) in [5.41, 5.74) is -2.59. The fraction of sp³-hybridized carbons (Fsp3) is 0.600. The molecule has 3 aliphatic heterocycles. The van der Waals surface area contributed by atoms with Crippen LogP contribution in [-0.2, 0) is 15.7 Å². The van der Waals surface area contributed by atoms with Crippen LogP contribution in [0.15, 0.2) is 40.6 Å². The summed E-state index contributed by atoms with van der Waals surface area (Å²) in [7, 11) is 0. The normalized spacial score (nSPS) is 35.3. The lowest BCUT2D eigenvalue weighted by Crippen LogP contribution is -2.55. The molecule has 1 aromatic rings. The van der Waals surface area contributed by atoms with Gasteiger partial charge in [-0.1, -0.05) is 0 Å². The third-order valence-corrected chi connectivity index (χ3v) is 8.74. The molecule has 4 heterocycles. The van der Waals surface area contributed by atoms with Gasteiger partial charge >= 0.3 is 6.18 Å². The Morgan fingerprint density at radius 2 is 1.89 bits per heavy atom. The van der Waals surface area contributed by atoms with Crippen LogP contribution in [0.5, 0.6) is 0 Å². The van der Waals surface area contributed by atoms with Crippen LogP contribution in [0.4, 0.5) is 22.0 Å². The van der Waals surface area contributed by atoms with Crippen molar-refractivity contribution in [1.82, 2.24) is 9.80 Å². The smallest absolute Gasteiger partial charge is 0.450 e. The molecule has 194 valence electrons. The summed E-state index contributed by atoms with van der Waals surface area (Å²) in [6.45, 7) is 1.95. The van der Waals surface area contributed by atoms with Crippen LogP contribution in [0.1, 0.15) is 55.1 Å². The van der Waals surface area contributed by atoms with Gasteiger partial charge in [0.2, 0.25) is 5.76 Å². The molecule has 1 saturated carbocycles. The van der Waals surface area contributed by atoms with Crippen molar-refractivity contribution in [3.05, 3.63) is 47.5 Å². The van der Waals surface area contributed by atoms with Gasteiger partial charge < -0.3 is 19.0 Å². The zero-order valence-corrected chi connectivity index (χ0v) is 19.5. The molecular formula is C25H25F5N2O4. The number of fused-ring (bicyclic) bond motifs is 2. The number of likely N-dealkylation sites (tertiary alicyclic amines) is 1. The van der Waals surface area contributed by atoms with Crippen molar-refractivity contribution in [3.8, 4) is 0 Å². The number of furan rings is 1. The standard InChI is InChI=1S/C25H25F5N2O4/c1-23-4-2-19(17-12-16-15(17)10-13(26)11-18(16)27)32(23)22(34)24(36-23)5-7-31(8-6-24)21(33)14-3-9-35-20(14)25(28,29)30/h3,9-11,15-17,19H,2,4-8,12H2,1H3/t15?,16?,17?,19-,23?/m0/s1. The van der Waals surface area contributed by atoms with Crippen LogP contribution in [-0.4, -0.2) is 52.1 Å². The van der Waals surface area contributed by atoms with E-state index in [-0.39, 0.29) is 55.6 Å². The fourth-order valence-electron chi connectivity index (χ4n) is 6.96. The number of allylic oxidation sites excluding steroid dienone is 4. The van der Waals surface area contributed by atoms with Crippen molar-refractivity contribution >= 4 is 11.8 Å². The van der Waals surface area contributed by atoms with Crippen LogP contribution < -0.4 is 0 Å². The summed E-state index contributed by atoms with van der Waals surface area (Å²) in [4.78, 5) is 29.6. The van der Waals surface area contributed by atoms with E-state index in [4.69, 9.17) is 4.74 Å². The van der Waals surface area contributed by atoms with Gasteiger partial charge in [-0.25, -0.2) is 8.78 Å². The largest absolute Gasteiger partial charge is 0.459 e. The Bertz CT molecular complexity index is 1180. The number of amides is 2. The minimum Gasteiger partial charge on any atom is -0.459 e. The van der Waals surface area contributed by atoms with Gasteiger partial charge in [0.1, 0.15) is 17.4 Å². The molecule has 0 bridgehead atoms. The van der Waals surface area contributed by atoms with Crippen molar-refractivity contribution < 1.29 is 40.7 Å². The van der Waals surface area contributed by atoms with Gasteiger partial charge in [0, 0.05) is 44.0 Å². The summed E-state index contributed by atoms with van der Waals surface area (Å²) in [6, 6.07) is 0.791. The molecule has 11 heteroatoms. The molecule has 3 saturated heterocycles. The molecule has 0 N–H and O–H groups in total. The highest BCUT2D eigenvalue weighted by Gasteiger charge is 2.66. The number of halogens is 5. The van der Waals surface area contributed by atoms with Crippen molar-refractivity contribution in [3.63, 3.8) is 0 Å². The molecular weight excluding hydrogens is 487 g/mol. The SMILES string of the molecule is CC12CC[C@@H](C3CC4C(F)=CC(F)=CC43)N1C(=O)C1(CCN(C(=O)c3ccoc3C(F)(F)F)CC1)O2. The summed E-state index contributed by atoms with van der Waals surface area (Å²) in [6.07, 6.45) is 0.490. The van der Waals surface area contributed by atoms with E-state index in [1.54, 1.807) is 4.90 Å². The Morgan fingerprint density at radius 1 is 1.17 bits per heavy atom. The maximum Gasteiger partial charge on any atom is 0.450 e. The number of hydrogen-bond donors (Lipinski definition) is 0. The van der Waals surface area contributed by atoms with Crippen LogP contribution in [0.2, 0.25) is 0 Å². The quantitative estimate of drug-likeness (QED) is 0.525. The highest BCUT2D eigenvalue weighted by Crippen LogP contribution is 2.58. The van der Waals surface area contributed by atoms with E-state index in [0.29, 0.717) is 19.3 Å². The lowest BCUT2D eigenvalue weighted by molar-refractivity contribution is -0.153. The van der Waals surface area contributed by atoms with E-state index in [2.05, 4.69) is 4.42 Å². The lowest BCUT2D eigenvalue weighted by Gasteiger charge is -2.49. The molecule has 4 unspecified atom stereocenters. The number of rotatable bonds is 2. The fourth-order valence-corrected chi connectivity index (χ4v) is 6.96. The van der Waals surface area contributed by atoms with Gasteiger partial charge in [-0.15, -0.1) is 0 Å². The maximum absolute atomic E-state index is 14.2. The number of piperidine rings is 1. The topological polar surface area (TPSA) is 63.0 Å². The minimum atomic E-state index is -4.79. The Morgan fingerprint density at radius 3 is 2.58 bits per heavy atom. The molecule has 2 amide bonds. The number of hydrogen-bond acceptors (Lipinski definition) is 4. The Hall–Kier alpha value is -2.69. The lowest BCUT2D eigenvalue weighted by atomic mass is 9.59. The molecule has 5 aliphatic rings. The Kier molecular flexibility index (Phi) is 5.04. The zero-order valence-electron chi connectivity index (χ0n) is 19.5. The van der Waals surface area contributed by atoms with Gasteiger partial charge in [-0.2, -0.15) is 13.2 Å². The third kappa shape index (κ3) is 3.30. The van der Waals surface area contributed by atoms with Gasteiger partial charge in [0.15, 0.2) is 5.60 Å². The molecule has 4 fully saturated rings. The van der Waals surface area contributed by atoms with Crippen LogP contribution in [0.25, 0.3) is 0 Å². The van der Waals surface area contributed by atoms with E-state index in [1.165, 1.54) is 11.0 Å². The molecule has 6 nitrogen and oxygen atoms in total. The molecule has 1 spiro atoms. The predicted molar refractivity (Wildman–Crippen MR) is 114 cm³/mol. The van der Waals surface area contributed by atoms with Crippen molar-refractivity contribution in [2.75, 3.05) is 13.1 Å². The summed E-state index contributed by atoms with van der Waals surface area (Å²) in [5, 5.41) is 0. The molecule has 6 rings (SSSR count). The van der Waals surface area contributed by atoms with Gasteiger partial charge in [0.25, 0.3) is 11.8 Å². The van der Waals surface area contributed by atoms with Crippen LogP contribution >= 0.6 is 0 Å². The molecule has 1 aromatic heterocycles. The minimum absolute atomic E-state index is 0.0553. The summed E-state index contributed by atoms with van der Waals surface area (Å²) < 4.78 is 78.5. The summed E-state index contributed by atoms with van der Waals surface area (Å²) >= 11 is 0. The average Bonchev–Trinajstić information content (AvgIpc) is 3.45. The predicted octanol–water partition coefficient (Wildman–Crippen LogP) is 4.98. The first kappa shape index (κ1) is 23.7. The van der Waals surface area contributed by atoms with E-state index < -0.39 is 46.4 Å². The van der Waals surface area contributed by atoms with E-state index in [9.17, 15) is 31.5 Å². The number of carbonyl (C=O) groups is 2. The highest BCUT2D eigenvalue weighted by atomic mass is 19.4. The highest BCUT2D eigenvalue weighted by molar-refractivity contribution is 5.96. The van der Waals surface area contributed by atoms with E-state index in [0.717, 1.165) is 18.4 Å². The van der Waals surface area contributed by atoms with Gasteiger partial charge in [-0.05, 0) is 50.2 Å². The summed E-state index contributed by atoms with van der Waals surface area (Å²) in [5.74, 6) is -4.13. The van der Waals surface area contributed by atoms with Crippen molar-refractivity contribution in [2.45, 2.75) is 62.6 Å². The van der Waals surface area contributed by atoms with Crippen molar-refractivity contribution in [1.29, 1.82) is 0 Å². The van der Waals surface area contributed by atoms with E-state index in [1.807, 2.05) is 6.92 Å². The molecule has 0 radical (unpaired) electrons. The molecule has 2 aliphatic carbocycles. The molecule has 36 heavy (non-hydrogen) atoms. The molecule has 0 aromatic carbocycles.